The fourth-order valence-electron chi connectivity index (χ4n) is 2.43. The number of nitrogens with zero attached hydrogens (tertiary/aromatic N) is 2. The molecule has 1 aliphatic carbocycles. The summed E-state index contributed by atoms with van der Waals surface area (Å²) in [5.41, 5.74) is 0. The molecule has 5 heteroatoms. The first-order valence-electron chi connectivity index (χ1n) is 6.13. The number of aromatic nitrogens is 2. The molecule has 2 rings (SSSR count). The Hall–Kier alpha value is -0.540. The van der Waals surface area contributed by atoms with Gasteiger partial charge >= 0.3 is 0 Å². The molecular formula is C12H17Cl2N3. The Labute approximate surface area is 112 Å². The number of hydrogen-bond acceptors (Lipinski definition) is 3. The highest BCUT2D eigenvalue weighted by Gasteiger charge is 2.21. The van der Waals surface area contributed by atoms with Crippen molar-refractivity contribution in [3.8, 4) is 0 Å². The first kappa shape index (κ1) is 12.9. The molecule has 1 fully saturated rings. The Morgan fingerprint density at radius 3 is 3.00 bits per heavy atom. The van der Waals surface area contributed by atoms with Crippen molar-refractivity contribution in [2.75, 3.05) is 5.32 Å². The predicted octanol–water partition coefficient (Wildman–Crippen LogP) is 4.16. The zero-order valence-corrected chi connectivity index (χ0v) is 11.4. The highest BCUT2D eigenvalue weighted by molar-refractivity contribution is 6.33. The molecule has 1 heterocycles. The molecule has 1 saturated carbocycles. The van der Waals surface area contributed by atoms with E-state index in [0.717, 1.165) is 5.92 Å². The molecule has 2 unspecified atom stereocenters. The summed E-state index contributed by atoms with van der Waals surface area (Å²) in [4.78, 5) is 7.97. The van der Waals surface area contributed by atoms with Gasteiger partial charge < -0.3 is 5.32 Å². The van der Waals surface area contributed by atoms with Crippen molar-refractivity contribution in [3.63, 3.8) is 0 Å². The molecule has 1 aromatic rings. The molecule has 1 N–H and O–H groups in total. The van der Waals surface area contributed by atoms with E-state index in [9.17, 15) is 0 Å². The third-order valence-corrected chi connectivity index (χ3v) is 3.87. The van der Waals surface area contributed by atoms with E-state index in [-0.39, 0.29) is 5.28 Å². The maximum atomic E-state index is 6.04. The summed E-state index contributed by atoms with van der Waals surface area (Å²) in [6.07, 6.45) is 7.76. The SMILES string of the molecule is CCC1CCCC(Nc2nc(Cl)ncc2Cl)C1. The average molecular weight is 274 g/mol. The van der Waals surface area contributed by atoms with E-state index in [1.807, 2.05) is 0 Å². The Bertz CT molecular complexity index is 384. The molecule has 0 saturated heterocycles. The van der Waals surface area contributed by atoms with Gasteiger partial charge in [-0.2, -0.15) is 4.98 Å². The average Bonchev–Trinajstić information content (AvgIpc) is 2.34. The summed E-state index contributed by atoms with van der Waals surface area (Å²) in [7, 11) is 0. The van der Waals surface area contributed by atoms with Crippen LogP contribution in [0.5, 0.6) is 0 Å². The molecule has 0 spiro atoms. The van der Waals surface area contributed by atoms with Gasteiger partial charge in [-0.1, -0.05) is 37.8 Å². The van der Waals surface area contributed by atoms with Crippen LogP contribution < -0.4 is 5.32 Å². The quantitative estimate of drug-likeness (QED) is 0.841. The Morgan fingerprint density at radius 2 is 2.24 bits per heavy atom. The summed E-state index contributed by atoms with van der Waals surface area (Å²) in [6, 6.07) is 0.456. The first-order valence-corrected chi connectivity index (χ1v) is 6.89. The summed E-state index contributed by atoms with van der Waals surface area (Å²) < 4.78 is 0. The highest BCUT2D eigenvalue weighted by Crippen LogP contribution is 2.30. The zero-order chi connectivity index (χ0) is 12.3. The van der Waals surface area contributed by atoms with Crippen molar-refractivity contribution < 1.29 is 0 Å². The second kappa shape index (κ2) is 5.87. The van der Waals surface area contributed by atoms with Crippen LogP contribution in [-0.4, -0.2) is 16.0 Å². The van der Waals surface area contributed by atoms with Gasteiger partial charge in [0.05, 0.1) is 6.20 Å². The van der Waals surface area contributed by atoms with Crippen LogP contribution in [0.25, 0.3) is 0 Å². The third kappa shape index (κ3) is 3.46. The summed E-state index contributed by atoms with van der Waals surface area (Å²) in [5, 5.41) is 4.16. The molecule has 0 radical (unpaired) electrons. The second-order valence-corrected chi connectivity index (χ2v) is 5.36. The predicted molar refractivity (Wildman–Crippen MR) is 71.7 cm³/mol. The standard InChI is InChI=1S/C12H17Cl2N3/c1-2-8-4-3-5-9(6-8)16-11-10(13)7-15-12(14)17-11/h7-9H,2-6H2,1H3,(H,15,16,17). The minimum absolute atomic E-state index is 0.236. The Kier molecular flexibility index (Phi) is 4.46. The number of hydrogen-bond donors (Lipinski definition) is 1. The van der Waals surface area contributed by atoms with E-state index in [1.54, 1.807) is 6.20 Å². The third-order valence-electron chi connectivity index (χ3n) is 3.42. The van der Waals surface area contributed by atoms with Gasteiger partial charge in [-0.25, -0.2) is 4.98 Å². The molecule has 17 heavy (non-hydrogen) atoms. The lowest BCUT2D eigenvalue weighted by Gasteiger charge is -2.29. The molecule has 3 nitrogen and oxygen atoms in total. The van der Waals surface area contributed by atoms with Crippen molar-refractivity contribution >= 4 is 29.0 Å². The smallest absolute Gasteiger partial charge is 0.224 e. The molecule has 94 valence electrons. The molecule has 1 aliphatic rings. The second-order valence-electron chi connectivity index (χ2n) is 4.62. The van der Waals surface area contributed by atoms with Gasteiger partial charge in [0, 0.05) is 6.04 Å². The number of rotatable bonds is 3. The van der Waals surface area contributed by atoms with Crippen molar-refractivity contribution in [2.24, 2.45) is 5.92 Å². The molecular weight excluding hydrogens is 257 g/mol. The van der Waals surface area contributed by atoms with Crippen molar-refractivity contribution in [2.45, 2.75) is 45.1 Å². The van der Waals surface area contributed by atoms with Crippen LogP contribution in [0.1, 0.15) is 39.0 Å². The summed E-state index contributed by atoms with van der Waals surface area (Å²) in [6.45, 7) is 2.25. The molecule has 2 atom stereocenters. The van der Waals surface area contributed by atoms with E-state index < -0.39 is 0 Å². The normalized spacial score (nSPS) is 24.6. The summed E-state index contributed by atoms with van der Waals surface area (Å²) in [5.74, 6) is 1.48. The molecule has 0 bridgehead atoms. The van der Waals surface area contributed by atoms with Crippen molar-refractivity contribution in [3.05, 3.63) is 16.5 Å². The van der Waals surface area contributed by atoms with E-state index in [4.69, 9.17) is 23.2 Å². The maximum absolute atomic E-state index is 6.04. The molecule has 0 amide bonds. The largest absolute Gasteiger partial charge is 0.366 e. The van der Waals surface area contributed by atoms with Crippen LogP contribution in [0.4, 0.5) is 5.82 Å². The topological polar surface area (TPSA) is 37.8 Å². The zero-order valence-electron chi connectivity index (χ0n) is 9.92. The van der Waals surface area contributed by atoms with Gasteiger partial charge in [0.15, 0.2) is 0 Å². The van der Waals surface area contributed by atoms with Crippen LogP contribution in [0.2, 0.25) is 10.3 Å². The van der Waals surface area contributed by atoms with Gasteiger partial charge in [0.25, 0.3) is 0 Å². The lowest BCUT2D eigenvalue weighted by molar-refractivity contribution is 0.327. The minimum Gasteiger partial charge on any atom is -0.366 e. The lowest BCUT2D eigenvalue weighted by atomic mass is 9.84. The van der Waals surface area contributed by atoms with Crippen molar-refractivity contribution in [1.29, 1.82) is 0 Å². The Balaban J connectivity index is 2.02. The number of anilines is 1. The molecule has 1 aromatic heterocycles. The maximum Gasteiger partial charge on any atom is 0.224 e. The minimum atomic E-state index is 0.236. The van der Waals surface area contributed by atoms with Crippen LogP contribution in [0.15, 0.2) is 6.20 Å². The number of nitrogens with one attached hydrogen (secondary N) is 1. The van der Waals surface area contributed by atoms with Crippen LogP contribution in [-0.2, 0) is 0 Å². The van der Waals surface area contributed by atoms with Gasteiger partial charge in [-0.15, -0.1) is 0 Å². The number of halogens is 2. The van der Waals surface area contributed by atoms with Gasteiger partial charge in [0.2, 0.25) is 5.28 Å². The lowest BCUT2D eigenvalue weighted by Crippen LogP contribution is -2.27. The Morgan fingerprint density at radius 1 is 1.41 bits per heavy atom. The van der Waals surface area contributed by atoms with Gasteiger partial charge in [-0.3, -0.25) is 0 Å². The molecule has 0 aromatic carbocycles. The van der Waals surface area contributed by atoms with E-state index in [0.29, 0.717) is 16.9 Å². The molecule has 0 aliphatic heterocycles. The highest BCUT2D eigenvalue weighted by atomic mass is 35.5. The fourth-order valence-corrected chi connectivity index (χ4v) is 2.71. The monoisotopic (exact) mass is 273 g/mol. The van der Waals surface area contributed by atoms with E-state index >= 15 is 0 Å². The van der Waals surface area contributed by atoms with Crippen molar-refractivity contribution in [1.82, 2.24) is 9.97 Å². The van der Waals surface area contributed by atoms with Crippen LogP contribution >= 0.6 is 23.2 Å². The van der Waals surface area contributed by atoms with E-state index in [1.165, 1.54) is 32.1 Å². The first-order chi connectivity index (χ1) is 8.19. The van der Waals surface area contributed by atoms with Gasteiger partial charge in [-0.05, 0) is 30.4 Å². The van der Waals surface area contributed by atoms with E-state index in [2.05, 4.69) is 22.2 Å². The van der Waals surface area contributed by atoms with Crippen LogP contribution in [0.3, 0.4) is 0 Å². The fraction of sp³-hybridized carbons (Fsp3) is 0.667. The van der Waals surface area contributed by atoms with Crippen LogP contribution in [0, 0.1) is 5.92 Å². The summed E-state index contributed by atoms with van der Waals surface area (Å²) >= 11 is 11.8. The van der Waals surface area contributed by atoms with Gasteiger partial charge in [0.1, 0.15) is 10.8 Å².